The Morgan fingerprint density at radius 2 is 1.89 bits per heavy atom. The number of likely N-dealkylation sites (N-methyl/N-ethyl adjacent to an activating group) is 1. The van der Waals surface area contributed by atoms with E-state index >= 15 is 0 Å². The highest BCUT2D eigenvalue weighted by molar-refractivity contribution is 6.04. The van der Waals surface area contributed by atoms with Crippen molar-refractivity contribution in [3.63, 3.8) is 0 Å². The number of hydrogen-bond acceptors (Lipinski definition) is 7. The normalized spacial score (nSPS) is 15.5. The molecule has 186 valence electrons. The van der Waals surface area contributed by atoms with Crippen LogP contribution >= 0.6 is 0 Å². The minimum Gasteiger partial charge on any atom is -0.382 e. The number of benzene rings is 1. The molecule has 4 aromatic rings. The molecule has 1 fully saturated rings. The minimum atomic E-state index is -0.212. The second-order valence-corrected chi connectivity index (χ2v) is 9.22. The first-order valence-corrected chi connectivity index (χ1v) is 12.0. The fraction of sp³-hybridized carbons (Fsp3) is 0.296. The number of carbonyl (C=O) groups is 2. The van der Waals surface area contributed by atoms with E-state index in [4.69, 9.17) is 10.7 Å². The number of nitrogens with one attached hydrogen (secondary N) is 1. The van der Waals surface area contributed by atoms with Gasteiger partial charge in [-0.05, 0) is 44.3 Å². The lowest BCUT2D eigenvalue weighted by Crippen LogP contribution is -2.14. The Morgan fingerprint density at radius 3 is 2.50 bits per heavy atom. The highest BCUT2D eigenvalue weighted by atomic mass is 16.1. The first kappa shape index (κ1) is 25.0. The number of carbonyl (C=O) groups excluding carboxylic acids is 2. The number of likely N-dealkylation sites (tertiary alicyclic amines) is 1. The molecular weight excluding hydrogens is 454 g/mol. The summed E-state index contributed by atoms with van der Waals surface area (Å²) in [6.45, 7) is 5.73. The lowest BCUT2D eigenvalue weighted by molar-refractivity contribution is -0.110. The third-order valence-electron chi connectivity index (χ3n) is 5.97. The number of aromatic nitrogens is 4. The van der Waals surface area contributed by atoms with Crippen LogP contribution in [0.1, 0.15) is 42.4 Å². The largest absolute Gasteiger partial charge is 0.382 e. The molecule has 3 aromatic heterocycles. The van der Waals surface area contributed by atoms with Crippen molar-refractivity contribution in [2.24, 2.45) is 5.92 Å². The maximum Gasteiger partial charge on any atom is 0.256 e. The summed E-state index contributed by atoms with van der Waals surface area (Å²) in [5, 5.41) is 2.80. The van der Waals surface area contributed by atoms with Crippen molar-refractivity contribution in [2.45, 2.75) is 26.2 Å². The number of fused-ring (bicyclic) bond motifs is 1. The summed E-state index contributed by atoms with van der Waals surface area (Å²) < 4.78 is 2.06. The van der Waals surface area contributed by atoms with E-state index in [1.807, 2.05) is 38.2 Å². The van der Waals surface area contributed by atoms with Crippen LogP contribution in [-0.4, -0.2) is 56.6 Å². The minimum absolute atomic E-state index is 0.204. The number of amides is 1. The van der Waals surface area contributed by atoms with E-state index in [1.54, 1.807) is 36.7 Å². The standard InChI is InChI=1S/C23H23N7O.C4H8O/c1-29-12-9-17(14-29)22-28-19(20-21(24)26-11-13-30(20)22)15-5-7-16(8-6-15)23(31)27-18-4-2-3-10-25-18;1-4(2)3-5/h2-8,10-11,13,17H,9,12,14H2,1H3,(H2,24,26)(H,25,27,31);3-4H,1-2H3. The van der Waals surface area contributed by atoms with Gasteiger partial charge in [0.2, 0.25) is 0 Å². The van der Waals surface area contributed by atoms with Gasteiger partial charge in [-0.3, -0.25) is 9.20 Å². The summed E-state index contributed by atoms with van der Waals surface area (Å²) in [6.07, 6.45) is 7.25. The number of nitrogens with zero attached hydrogens (tertiary/aromatic N) is 5. The second-order valence-electron chi connectivity index (χ2n) is 9.22. The van der Waals surface area contributed by atoms with E-state index in [1.165, 1.54) is 0 Å². The van der Waals surface area contributed by atoms with Gasteiger partial charge >= 0.3 is 0 Å². The first-order valence-electron chi connectivity index (χ1n) is 12.0. The summed E-state index contributed by atoms with van der Waals surface area (Å²) in [5.74, 6) is 2.30. The Balaban J connectivity index is 0.000000556. The van der Waals surface area contributed by atoms with Crippen molar-refractivity contribution in [1.29, 1.82) is 0 Å². The van der Waals surface area contributed by atoms with Crippen LogP contribution in [0.15, 0.2) is 61.1 Å². The molecule has 0 aliphatic carbocycles. The predicted molar refractivity (Wildman–Crippen MR) is 141 cm³/mol. The number of aldehydes is 1. The third kappa shape index (κ3) is 5.58. The van der Waals surface area contributed by atoms with E-state index in [-0.39, 0.29) is 11.8 Å². The van der Waals surface area contributed by atoms with Crippen molar-refractivity contribution in [1.82, 2.24) is 24.3 Å². The summed E-state index contributed by atoms with van der Waals surface area (Å²) >= 11 is 0. The van der Waals surface area contributed by atoms with Gasteiger partial charge in [-0.25, -0.2) is 15.0 Å². The van der Waals surface area contributed by atoms with Gasteiger partial charge < -0.3 is 20.7 Å². The zero-order valence-electron chi connectivity index (χ0n) is 20.8. The highest BCUT2D eigenvalue weighted by Crippen LogP contribution is 2.33. The summed E-state index contributed by atoms with van der Waals surface area (Å²) in [6, 6.07) is 12.7. The number of imidazole rings is 1. The maximum absolute atomic E-state index is 12.5. The number of nitrogens with two attached hydrogens (primary N) is 1. The topological polar surface area (TPSA) is 119 Å². The molecule has 1 unspecified atom stereocenters. The quantitative estimate of drug-likeness (QED) is 0.412. The Bertz CT molecular complexity index is 1330. The van der Waals surface area contributed by atoms with Crippen LogP contribution in [0.2, 0.25) is 0 Å². The van der Waals surface area contributed by atoms with Gasteiger partial charge in [0.05, 0.1) is 0 Å². The Kier molecular flexibility index (Phi) is 7.70. The van der Waals surface area contributed by atoms with Crippen LogP contribution < -0.4 is 11.1 Å². The summed E-state index contributed by atoms with van der Waals surface area (Å²) in [4.78, 5) is 37.7. The Labute approximate surface area is 210 Å². The van der Waals surface area contributed by atoms with Crippen molar-refractivity contribution in [2.75, 3.05) is 31.2 Å². The molecule has 9 heteroatoms. The van der Waals surface area contributed by atoms with E-state index in [0.717, 1.165) is 48.4 Å². The average molecular weight is 486 g/mol. The Morgan fingerprint density at radius 1 is 1.14 bits per heavy atom. The maximum atomic E-state index is 12.5. The fourth-order valence-electron chi connectivity index (χ4n) is 4.13. The molecule has 0 radical (unpaired) electrons. The van der Waals surface area contributed by atoms with Gasteiger partial charge in [0.15, 0.2) is 0 Å². The molecule has 1 aromatic carbocycles. The summed E-state index contributed by atoms with van der Waals surface area (Å²) in [7, 11) is 2.13. The van der Waals surface area contributed by atoms with Crippen LogP contribution in [0.4, 0.5) is 11.6 Å². The van der Waals surface area contributed by atoms with Crippen LogP contribution in [0.3, 0.4) is 0 Å². The van der Waals surface area contributed by atoms with E-state index in [9.17, 15) is 9.59 Å². The van der Waals surface area contributed by atoms with Gasteiger partial charge in [-0.1, -0.05) is 32.0 Å². The van der Waals surface area contributed by atoms with Crippen molar-refractivity contribution < 1.29 is 9.59 Å². The molecule has 4 heterocycles. The third-order valence-corrected chi connectivity index (χ3v) is 5.97. The molecule has 9 nitrogen and oxygen atoms in total. The van der Waals surface area contributed by atoms with Gasteiger partial charge in [0.1, 0.15) is 35.0 Å². The number of pyridine rings is 1. The molecule has 1 aliphatic rings. The van der Waals surface area contributed by atoms with Crippen LogP contribution in [0.5, 0.6) is 0 Å². The van der Waals surface area contributed by atoms with Crippen LogP contribution in [0, 0.1) is 5.92 Å². The van der Waals surface area contributed by atoms with Crippen molar-refractivity contribution in [3.05, 3.63) is 72.4 Å². The molecule has 0 bridgehead atoms. The van der Waals surface area contributed by atoms with Gasteiger partial charge in [-0.15, -0.1) is 0 Å². The molecule has 5 rings (SSSR count). The van der Waals surface area contributed by atoms with Crippen molar-refractivity contribution in [3.8, 4) is 11.3 Å². The smallest absolute Gasteiger partial charge is 0.256 e. The van der Waals surface area contributed by atoms with Crippen molar-refractivity contribution >= 4 is 29.3 Å². The van der Waals surface area contributed by atoms with Gasteiger partial charge in [0.25, 0.3) is 5.91 Å². The molecule has 1 aliphatic heterocycles. The van der Waals surface area contributed by atoms with Gasteiger partial charge in [-0.2, -0.15) is 0 Å². The molecule has 1 saturated heterocycles. The van der Waals surface area contributed by atoms with E-state index in [0.29, 0.717) is 23.1 Å². The van der Waals surface area contributed by atoms with E-state index in [2.05, 4.69) is 31.6 Å². The monoisotopic (exact) mass is 485 g/mol. The number of rotatable bonds is 5. The first-order chi connectivity index (χ1) is 17.4. The Hall–Kier alpha value is -4.11. The van der Waals surface area contributed by atoms with Crippen LogP contribution in [-0.2, 0) is 4.79 Å². The molecule has 3 N–H and O–H groups in total. The number of anilines is 2. The fourth-order valence-corrected chi connectivity index (χ4v) is 4.13. The molecule has 0 saturated carbocycles. The molecule has 1 atom stereocenters. The predicted octanol–water partition coefficient (Wildman–Crippen LogP) is 3.89. The zero-order valence-corrected chi connectivity index (χ0v) is 20.8. The number of hydrogen-bond donors (Lipinski definition) is 2. The average Bonchev–Trinajstić information content (AvgIpc) is 3.49. The van der Waals surface area contributed by atoms with Gasteiger partial charge in [0, 0.05) is 48.1 Å². The second kappa shape index (κ2) is 11.1. The molecule has 36 heavy (non-hydrogen) atoms. The number of nitrogen functional groups attached to an aromatic ring is 1. The lowest BCUT2D eigenvalue weighted by atomic mass is 10.1. The summed E-state index contributed by atoms with van der Waals surface area (Å²) in [5.41, 5.74) is 9.27. The zero-order chi connectivity index (χ0) is 25.7. The molecule has 1 amide bonds. The SMILES string of the molecule is CC(C)C=O.CN1CCC(c2nc(-c3ccc(C(=O)Nc4ccccn4)cc3)c3c(N)nccn23)C1. The van der Waals surface area contributed by atoms with E-state index < -0.39 is 0 Å². The highest BCUT2D eigenvalue weighted by Gasteiger charge is 2.27. The molecular formula is C27H31N7O2. The lowest BCUT2D eigenvalue weighted by Gasteiger charge is -2.09. The molecule has 0 spiro atoms. The van der Waals surface area contributed by atoms with Crippen LogP contribution in [0.25, 0.3) is 16.8 Å².